The van der Waals surface area contributed by atoms with E-state index in [9.17, 15) is 5.11 Å². The minimum Gasteiger partial charge on any atom is -0.391 e. The van der Waals surface area contributed by atoms with Crippen molar-refractivity contribution < 1.29 is 9.63 Å². The molecular weight excluding hydrogens is 294 g/mol. The van der Waals surface area contributed by atoms with Crippen LogP contribution in [-0.4, -0.2) is 37.9 Å². The zero-order chi connectivity index (χ0) is 16.0. The Hall–Kier alpha value is -2.54. The lowest BCUT2D eigenvalue weighted by Crippen LogP contribution is -2.25. The molecule has 2 aromatic heterocycles. The molecule has 0 amide bonds. The molecule has 1 aliphatic rings. The first-order valence-electron chi connectivity index (χ1n) is 7.58. The molecule has 118 valence electrons. The third-order valence-electron chi connectivity index (χ3n) is 4.22. The largest absolute Gasteiger partial charge is 0.391 e. The third-order valence-corrected chi connectivity index (χ3v) is 4.22. The molecule has 1 aliphatic heterocycles. The fourth-order valence-electron chi connectivity index (χ4n) is 3.18. The number of hydrogen-bond donors (Lipinski definition) is 1. The molecule has 0 unspecified atom stereocenters. The number of aromatic nitrogens is 4. The summed E-state index contributed by atoms with van der Waals surface area (Å²) in [6.45, 7) is 4.29. The lowest BCUT2D eigenvalue weighted by molar-refractivity contribution is 0.191. The Balaban J connectivity index is 1.84. The van der Waals surface area contributed by atoms with E-state index in [4.69, 9.17) is 4.52 Å². The molecule has 0 radical (unpaired) electrons. The predicted octanol–water partition coefficient (Wildman–Crippen LogP) is 1.94. The SMILES string of the molecule is Cc1noc([C@H]2C[C@H](O)CN2c2ncnc3c(C)cccc23)n1. The fourth-order valence-corrected chi connectivity index (χ4v) is 3.18. The van der Waals surface area contributed by atoms with Crippen LogP contribution in [0, 0.1) is 13.8 Å². The Bertz CT molecular complexity index is 863. The van der Waals surface area contributed by atoms with Gasteiger partial charge >= 0.3 is 0 Å². The van der Waals surface area contributed by atoms with E-state index in [1.807, 2.05) is 30.0 Å². The van der Waals surface area contributed by atoms with Gasteiger partial charge in [0, 0.05) is 18.4 Å². The number of benzene rings is 1. The van der Waals surface area contributed by atoms with E-state index in [1.54, 1.807) is 13.3 Å². The van der Waals surface area contributed by atoms with E-state index in [1.165, 1.54) is 0 Å². The Kier molecular flexibility index (Phi) is 3.23. The number of anilines is 1. The Morgan fingerprint density at radius 1 is 1.26 bits per heavy atom. The van der Waals surface area contributed by atoms with Crippen LogP contribution in [0.5, 0.6) is 0 Å². The van der Waals surface area contributed by atoms with Gasteiger partial charge in [0.1, 0.15) is 18.2 Å². The van der Waals surface area contributed by atoms with E-state index >= 15 is 0 Å². The highest BCUT2D eigenvalue weighted by Crippen LogP contribution is 2.37. The van der Waals surface area contributed by atoms with Crippen molar-refractivity contribution in [3.8, 4) is 0 Å². The summed E-state index contributed by atoms with van der Waals surface area (Å²) in [7, 11) is 0. The lowest BCUT2D eigenvalue weighted by atomic mass is 10.1. The first-order valence-corrected chi connectivity index (χ1v) is 7.58. The zero-order valence-electron chi connectivity index (χ0n) is 13.0. The van der Waals surface area contributed by atoms with Crippen molar-refractivity contribution in [3.63, 3.8) is 0 Å². The summed E-state index contributed by atoms with van der Waals surface area (Å²) in [6.07, 6.45) is 1.65. The summed E-state index contributed by atoms with van der Waals surface area (Å²) in [5.74, 6) is 1.89. The van der Waals surface area contributed by atoms with Crippen LogP contribution in [0.1, 0.15) is 29.7 Å². The zero-order valence-corrected chi connectivity index (χ0v) is 13.0. The summed E-state index contributed by atoms with van der Waals surface area (Å²) in [6, 6.07) is 5.84. The average Bonchev–Trinajstić information content (AvgIpc) is 3.13. The van der Waals surface area contributed by atoms with Crippen molar-refractivity contribution in [1.29, 1.82) is 0 Å². The van der Waals surface area contributed by atoms with Crippen LogP contribution in [0.3, 0.4) is 0 Å². The number of para-hydroxylation sites is 1. The van der Waals surface area contributed by atoms with Gasteiger partial charge in [-0.1, -0.05) is 17.3 Å². The maximum atomic E-state index is 10.2. The topological polar surface area (TPSA) is 88.2 Å². The first-order chi connectivity index (χ1) is 11.1. The van der Waals surface area contributed by atoms with Crippen LogP contribution >= 0.6 is 0 Å². The van der Waals surface area contributed by atoms with Crippen LogP contribution < -0.4 is 4.90 Å². The van der Waals surface area contributed by atoms with Gasteiger partial charge in [-0.3, -0.25) is 0 Å². The van der Waals surface area contributed by atoms with Crippen LogP contribution in [0.25, 0.3) is 10.9 Å². The molecule has 1 aromatic carbocycles. The van der Waals surface area contributed by atoms with E-state index < -0.39 is 6.10 Å². The van der Waals surface area contributed by atoms with Gasteiger partial charge in [0.25, 0.3) is 0 Å². The summed E-state index contributed by atoms with van der Waals surface area (Å²) in [5.41, 5.74) is 2.01. The molecule has 0 aliphatic carbocycles. The van der Waals surface area contributed by atoms with Gasteiger partial charge in [0.2, 0.25) is 5.89 Å². The van der Waals surface area contributed by atoms with Gasteiger partial charge < -0.3 is 14.5 Å². The van der Waals surface area contributed by atoms with Gasteiger partial charge in [-0.05, 0) is 25.5 Å². The fraction of sp³-hybridized carbons (Fsp3) is 0.375. The molecule has 7 nitrogen and oxygen atoms in total. The minimum atomic E-state index is -0.456. The maximum Gasteiger partial charge on any atom is 0.249 e. The second-order valence-electron chi connectivity index (χ2n) is 5.91. The average molecular weight is 311 g/mol. The molecule has 1 saturated heterocycles. The number of fused-ring (bicyclic) bond motifs is 1. The highest BCUT2D eigenvalue weighted by Gasteiger charge is 2.37. The number of β-amino-alcohol motifs (C(OH)–C–C–N with tert-alkyl or cyclic N) is 1. The second kappa shape index (κ2) is 5.27. The smallest absolute Gasteiger partial charge is 0.249 e. The van der Waals surface area contributed by atoms with Gasteiger partial charge in [-0.2, -0.15) is 4.98 Å². The van der Waals surface area contributed by atoms with Crippen molar-refractivity contribution in [2.24, 2.45) is 0 Å². The normalized spacial score (nSPS) is 21.3. The maximum absolute atomic E-state index is 10.2. The highest BCUT2D eigenvalue weighted by molar-refractivity contribution is 5.91. The number of rotatable bonds is 2. The number of hydrogen-bond acceptors (Lipinski definition) is 7. The third kappa shape index (κ3) is 2.33. The van der Waals surface area contributed by atoms with Crippen LogP contribution in [0.15, 0.2) is 29.0 Å². The lowest BCUT2D eigenvalue weighted by Gasteiger charge is -2.23. The molecule has 1 N–H and O–H groups in total. The van der Waals surface area contributed by atoms with Gasteiger partial charge in [-0.25, -0.2) is 9.97 Å². The number of nitrogens with zero attached hydrogens (tertiary/aromatic N) is 5. The summed E-state index contributed by atoms with van der Waals surface area (Å²) in [4.78, 5) is 15.2. The molecule has 4 rings (SSSR count). The molecule has 7 heteroatoms. The Morgan fingerprint density at radius 2 is 2.13 bits per heavy atom. The van der Waals surface area contributed by atoms with Crippen LogP contribution in [0.2, 0.25) is 0 Å². The molecule has 0 spiro atoms. The van der Waals surface area contributed by atoms with E-state index in [-0.39, 0.29) is 6.04 Å². The molecule has 0 saturated carbocycles. The quantitative estimate of drug-likeness (QED) is 0.773. The van der Waals surface area contributed by atoms with Gasteiger partial charge in [0.15, 0.2) is 5.82 Å². The van der Waals surface area contributed by atoms with Crippen molar-refractivity contribution >= 4 is 16.7 Å². The Labute approximate surface area is 133 Å². The van der Waals surface area contributed by atoms with E-state index in [0.29, 0.717) is 24.7 Å². The van der Waals surface area contributed by atoms with Gasteiger partial charge in [0.05, 0.1) is 11.6 Å². The molecule has 23 heavy (non-hydrogen) atoms. The van der Waals surface area contributed by atoms with Gasteiger partial charge in [-0.15, -0.1) is 0 Å². The monoisotopic (exact) mass is 311 g/mol. The first kappa shape index (κ1) is 14.1. The van der Waals surface area contributed by atoms with Crippen LogP contribution in [0.4, 0.5) is 5.82 Å². The number of aliphatic hydroxyl groups is 1. The number of aryl methyl sites for hydroxylation is 2. The highest BCUT2D eigenvalue weighted by atomic mass is 16.5. The minimum absolute atomic E-state index is 0.176. The van der Waals surface area contributed by atoms with Crippen molar-refractivity contribution in [3.05, 3.63) is 41.8 Å². The molecule has 3 aromatic rings. The molecule has 2 atom stereocenters. The molecule has 0 bridgehead atoms. The molecular formula is C16H17N5O2. The summed E-state index contributed by atoms with van der Waals surface area (Å²) < 4.78 is 5.33. The molecule has 1 fully saturated rings. The predicted molar refractivity (Wildman–Crippen MR) is 84.0 cm³/mol. The second-order valence-corrected chi connectivity index (χ2v) is 5.91. The van der Waals surface area contributed by atoms with Crippen molar-refractivity contribution in [1.82, 2.24) is 20.1 Å². The summed E-state index contributed by atoms with van der Waals surface area (Å²) in [5, 5.41) is 15.0. The standard InChI is InChI=1S/C16H17N5O2/c1-9-4-3-5-12-14(9)17-8-18-15(12)21-7-11(22)6-13(21)16-19-10(2)20-23-16/h3-5,8,11,13,22H,6-7H2,1-2H3/t11-,13+/m0/s1. The van der Waals surface area contributed by atoms with E-state index in [2.05, 4.69) is 20.1 Å². The number of aliphatic hydroxyl groups excluding tert-OH is 1. The van der Waals surface area contributed by atoms with E-state index in [0.717, 1.165) is 22.3 Å². The van der Waals surface area contributed by atoms with Crippen LogP contribution in [-0.2, 0) is 0 Å². The van der Waals surface area contributed by atoms with Crippen molar-refractivity contribution in [2.75, 3.05) is 11.4 Å². The molecule has 3 heterocycles. The summed E-state index contributed by atoms with van der Waals surface area (Å²) >= 11 is 0. The van der Waals surface area contributed by atoms with Crippen molar-refractivity contribution in [2.45, 2.75) is 32.4 Å². The Morgan fingerprint density at radius 3 is 2.91 bits per heavy atom.